The van der Waals surface area contributed by atoms with E-state index in [0.29, 0.717) is 33.4 Å². The topological polar surface area (TPSA) is 87.7 Å². The number of fused-ring (bicyclic) bond motifs is 5. The van der Waals surface area contributed by atoms with Gasteiger partial charge in [-0.3, -0.25) is 14.4 Å². The van der Waals surface area contributed by atoms with E-state index in [2.05, 4.69) is 0 Å². The molecule has 2 aliphatic heterocycles. The summed E-state index contributed by atoms with van der Waals surface area (Å²) in [7, 11) is 1.95. The third kappa shape index (κ3) is 3.17. The van der Waals surface area contributed by atoms with Crippen LogP contribution in [-0.2, 0) is 11.8 Å². The highest BCUT2D eigenvalue weighted by Gasteiger charge is 2.39. The van der Waals surface area contributed by atoms with Gasteiger partial charge >= 0.3 is 5.97 Å². The minimum Gasteiger partial charge on any atom is -0.464 e. The van der Waals surface area contributed by atoms with Crippen molar-refractivity contribution in [2.75, 3.05) is 0 Å². The SMILES string of the molecule is Cn1cc(/C=C2\Oc3c(ccc4c3C(c3coc5ccccc5c3=O)CC(=O)O4)C2=O)c2ccccc21. The first-order valence-electron chi connectivity index (χ1n) is 11.9. The smallest absolute Gasteiger partial charge is 0.312 e. The van der Waals surface area contributed by atoms with Crippen LogP contribution < -0.4 is 14.9 Å². The number of aromatic nitrogens is 1. The first-order chi connectivity index (χ1) is 18.0. The van der Waals surface area contributed by atoms with Crippen LogP contribution in [0.3, 0.4) is 0 Å². The highest BCUT2D eigenvalue weighted by Crippen LogP contribution is 2.48. The quantitative estimate of drug-likeness (QED) is 0.189. The fraction of sp³-hybridized carbons (Fsp3) is 0.100. The number of hydrogen-bond acceptors (Lipinski definition) is 6. The molecule has 0 amide bonds. The maximum atomic E-state index is 13.4. The van der Waals surface area contributed by atoms with Crippen LogP contribution in [0, 0.1) is 0 Å². The van der Waals surface area contributed by atoms with E-state index in [1.165, 1.54) is 6.26 Å². The van der Waals surface area contributed by atoms with Crippen molar-refractivity contribution in [3.8, 4) is 11.5 Å². The number of carbonyl (C=O) groups excluding carboxylic acids is 2. The minimum absolute atomic E-state index is 0.0769. The second kappa shape index (κ2) is 7.80. The normalized spacial score (nSPS) is 17.6. The van der Waals surface area contributed by atoms with Gasteiger partial charge in [0.2, 0.25) is 5.78 Å². The number of para-hydroxylation sites is 2. The van der Waals surface area contributed by atoms with Gasteiger partial charge in [0.05, 0.1) is 23.6 Å². The van der Waals surface area contributed by atoms with E-state index >= 15 is 0 Å². The molecule has 0 aliphatic carbocycles. The number of Topliss-reactive ketones (excluding diaryl/α,β-unsaturated/α-hetero) is 1. The standard InChI is InChI=1S/C30H19NO6/c1-31-14-16(17-6-2-4-8-22(17)31)12-25-29(34)19-10-11-24-27(30(19)37-25)20(13-26(32)36-24)21-15-35-23-9-5-3-7-18(23)28(21)33/h2-12,14-15,20H,13H2,1H3/b25-12-. The molecule has 4 heterocycles. The number of esters is 1. The van der Waals surface area contributed by atoms with Crippen LogP contribution in [0.25, 0.3) is 27.9 Å². The summed E-state index contributed by atoms with van der Waals surface area (Å²) >= 11 is 0. The van der Waals surface area contributed by atoms with Crippen LogP contribution in [0.15, 0.2) is 88.1 Å². The van der Waals surface area contributed by atoms with Gasteiger partial charge in [-0.15, -0.1) is 0 Å². The Morgan fingerprint density at radius 3 is 2.57 bits per heavy atom. The Bertz CT molecular complexity index is 1890. The number of hydrogen-bond donors (Lipinski definition) is 0. The van der Waals surface area contributed by atoms with E-state index < -0.39 is 11.9 Å². The van der Waals surface area contributed by atoms with Crippen molar-refractivity contribution in [1.82, 2.24) is 4.57 Å². The molecule has 0 N–H and O–H groups in total. The number of rotatable bonds is 2. The van der Waals surface area contributed by atoms with Crippen LogP contribution in [-0.4, -0.2) is 16.3 Å². The summed E-state index contributed by atoms with van der Waals surface area (Å²) in [6.45, 7) is 0. The number of ether oxygens (including phenoxy) is 2. The Hall–Kier alpha value is -4.91. The van der Waals surface area contributed by atoms with E-state index in [-0.39, 0.29) is 29.1 Å². The first kappa shape index (κ1) is 21.4. The van der Waals surface area contributed by atoms with E-state index in [1.807, 2.05) is 42.1 Å². The number of nitrogens with zero attached hydrogens (tertiary/aromatic N) is 1. The summed E-state index contributed by atoms with van der Waals surface area (Å²) in [6, 6.07) is 18.0. The lowest BCUT2D eigenvalue weighted by molar-refractivity contribution is -0.135. The van der Waals surface area contributed by atoms with Gasteiger partial charge in [0.1, 0.15) is 17.1 Å². The van der Waals surface area contributed by atoms with Crippen LogP contribution >= 0.6 is 0 Å². The van der Waals surface area contributed by atoms with Crippen molar-refractivity contribution in [3.63, 3.8) is 0 Å². The molecule has 1 atom stereocenters. The summed E-state index contributed by atoms with van der Waals surface area (Å²) < 4.78 is 19.4. The third-order valence-corrected chi connectivity index (χ3v) is 7.08. The summed E-state index contributed by atoms with van der Waals surface area (Å²) in [6.07, 6.45) is 4.98. The summed E-state index contributed by atoms with van der Waals surface area (Å²) in [5.74, 6) is -0.684. The largest absolute Gasteiger partial charge is 0.464 e. The molecule has 2 aliphatic rings. The van der Waals surface area contributed by atoms with Gasteiger partial charge in [-0.1, -0.05) is 30.3 Å². The zero-order chi connectivity index (χ0) is 25.3. The number of benzene rings is 3. The number of aryl methyl sites for hydroxylation is 1. The molecule has 0 radical (unpaired) electrons. The number of ketones is 1. The molecule has 7 heteroatoms. The monoisotopic (exact) mass is 489 g/mol. The molecule has 7 nitrogen and oxygen atoms in total. The molecule has 0 spiro atoms. The van der Waals surface area contributed by atoms with E-state index in [0.717, 1.165) is 16.5 Å². The van der Waals surface area contributed by atoms with Gasteiger partial charge in [0.25, 0.3) is 0 Å². The van der Waals surface area contributed by atoms with E-state index in [9.17, 15) is 14.4 Å². The molecule has 0 saturated heterocycles. The lowest BCUT2D eigenvalue weighted by Crippen LogP contribution is -2.25. The lowest BCUT2D eigenvalue weighted by atomic mass is 9.85. The Labute approximate surface area is 210 Å². The Kier molecular flexibility index (Phi) is 4.50. The van der Waals surface area contributed by atoms with Crippen molar-refractivity contribution in [1.29, 1.82) is 0 Å². The zero-order valence-corrected chi connectivity index (χ0v) is 19.7. The molecular weight excluding hydrogens is 470 g/mol. The van der Waals surface area contributed by atoms with Gasteiger partial charge in [-0.05, 0) is 36.4 Å². The van der Waals surface area contributed by atoms with Crippen molar-refractivity contribution in [3.05, 3.63) is 111 Å². The molecule has 0 bridgehead atoms. The molecule has 180 valence electrons. The fourth-order valence-electron chi connectivity index (χ4n) is 5.33. The predicted octanol–water partition coefficient (Wildman–Crippen LogP) is 5.34. The highest BCUT2D eigenvalue weighted by atomic mass is 16.5. The second-order valence-corrected chi connectivity index (χ2v) is 9.25. The zero-order valence-electron chi connectivity index (χ0n) is 19.7. The number of carbonyl (C=O) groups is 2. The Balaban J connectivity index is 1.38. The van der Waals surface area contributed by atoms with Gasteiger partial charge < -0.3 is 18.5 Å². The molecule has 5 aromatic rings. The molecule has 2 aromatic heterocycles. The van der Waals surface area contributed by atoms with E-state index in [1.54, 1.807) is 42.5 Å². The van der Waals surface area contributed by atoms with Crippen LogP contribution in [0.5, 0.6) is 11.5 Å². The fourth-order valence-corrected chi connectivity index (χ4v) is 5.33. The van der Waals surface area contributed by atoms with Crippen molar-refractivity contribution < 1.29 is 23.5 Å². The maximum Gasteiger partial charge on any atom is 0.312 e. The molecule has 37 heavy (non-hydrogen) atoms. The summed E-state index contributed by atoms with van der Waals surface area (Å²) in [4.78, 5) is 39.3. The predicted molar refractivity (Wildman–Crippen MR) is 137 cm³/mol. The van der Waals surface area contributed by atoms with Gasteiger partial charge in [-0.25, -0.2) is 0 Å². The lowest BCUT2D eigenvalue weighted by Gasteiger charge is -2.25. The third-order valence-electron chi connectivity index (χ3n) is 7.08. The van der Waals surface area contributed by atoms with Crippen LogP contribution in [0.1, 0.15) is 39.4 Å². The average molecular weight is 489 g/mol. The molecule has 0 saturated carbocycles. The molecular formula is C30H19NO6. The second-order valence-electron chi connectivity index (χ2n) is 9.25. The average Bonchev–Trinajstić information content (AvgIpc) is 3.40. The van der Waals surface area contributed by atoms with Crippen LogP contribution in [0.2, 0.25) is 0 Å². The summed E-state index contributed by atoms with van der Waals surface area (Å²) in [5, 5.41) is 1.41. The molecule has 1 unspecified atom stereocenters. The Morgan fingerprint density at radius 1 is 0.919 bits per heavy atom. The molecule has 0 fully saturated rings. The summed E-state index contributed by atoms with van der Waals surface area (Å²) in [5.41, 5.74) is 3.27. The molecule has 3 aromatic carbocycles. The van der Waals surface area contributed by atoms with Gasteiger partial charge in [0, 0.05) is 46.8 Å². The van der Waals surface area contributed by atoms with Crippen LogP contribution in [0.4, 0.5) is 0 Å². The number of allylic oxidation sites excluding steroid dienone is 1. The molecule has 7 rings (SSSR count). The van der Waals surface area contributed by atoms with Crippen molar-refractivity contribution in [2.45, 2.75) is 12.3 Å². The van der Waals surface area contributed by atoms with Gasteiger partial charge in [0.15, 0.2) is 11.2 Å². The van der Waals surface area contributed by atoms with E-state index in [4.69, 9.17) is 13.9 Å². The maximum absolute atomic E-state index is 13.4. The first-order valence-corrected chi connectivity index (χ1v) is 11.9. The van der Waals surface area contributed by atoms with Crippen molar-refractivity contribution >= 4 is 39.7 Å². The minimum atomic E-state index is -0.684. The van der Waals surface area contributed by atoms with Crippen molar-refractivity contribution in [2.24, 2.45) is 7.05 Å². The van der Waals surface area contributed by atoms with Gasteiger partial charge in [-0.2, -0.15) is 0 Å². The highest BCUT2D eigenvalue weighted by molar-refractivity contribution is 6.15. The Morgan fingerprint density at radius 2 is 1.70 bits per heavy atom.